The lowest BCUT2D eigenvalue weighted by atomic mass is 10.1. The molecule has 6 heteroatoms. The Kier molecular flexibility index (Phi) is 5.32. The molecule has 27 heavy (non-hydrogen) atoms. The van der Waals surface area contributed by atoms with Crippen molar-refractivity contribution in [1.29, 1.82) is 0 Å². The largest absolute Gasteiger partial charge is 0.356 e. The van der Waals surface area contributed by atoms with Crippen molar-refractivity contribution in [2.24, 2.45) is 0 Å². The van der Waals surface area contributed by atoms with Gasteiger partial charge in [-0.2, -0.15) is 4.98 Å². The van der Waals surface area contributed by atoms with Crippen molar-refractivity contribution < 1.29 is 0 Å². The average molecular weight is 395 g/mol. The molecule has 3 aromatic heterocycles. The maximum Gasteiger partial charge on any atom is 0.225 e. The molecule has 4 nitrogen and oxygen atoms in total. The van der Waals surface area contributed by atoms with Gasteiger partial charge in [0.1, 0.15) is 10.6 Å². The Labute approximate surface area is 167 Å². The van der Waals surface area contributed by atoms with Gasteiger partial charge in [-0.25, -0.2) is 4.98 Å². The zero-order chi connectivity index (χ0) is 18.6. The first-order valence-corrected chi connectivity index (χ1v) is 10.1. The van der Waals surface area contributed by atoms with E-state index in [4.69, 9.17) is 11.6 Å². The first-order chi connectivity index (χ1) is 13.2. The summed E-state index contributed by atoms with van der Waals surface area (Å²) in [6.45, 7) is 3.85. The van der Waals surface area contributed by atoms with Gasteiger partial charge in [-0.3, -0.25) is 4.98 Å². The Balaban J connectivity index is 1.69. The number of rotatable bonds is 6. The van der Waals surface area contributed by atoms with Gasteiger partial charge in [0.05, 0.1) is 5.39 Å². The van der Waals surface area contributed by atoms with E-state index in [2.05, 4.69) is 57.1 Å². The van der Waals surface area contributed by atoms with Crippen LogP contribution < -0.4 is 4.90 Å². The summed E-state index contributed by atoms with van der Waals surface area (Å²) in [5.41, 5.74) is 2.44. The molecular formula is C21H19ClN4S. The van der Waals surface area contributed by atoms with Crippen LogP contribution in [0.25, 0.3) is 20.7 Å². The van der Waals surface area contributed by atoms with E-state index >= 15 is 0 Å². The lowest BCUT2D eigenvalue weighted by Gasteiger charge is -2.22. The summed E-state index contributed by atoms with van der Waals surface area (Å²) in [5.74, 6) is 0.903. The van der Waals surface area contributed by atoms with E-state index in [1.165, 1.54) is 16.0 Å². The number of fused-ring (bicyclic) bond motifs is 1. The van der Waals surface area contributed by atoms with Crippen LogP contribution in [0.2, 0.25) is 5.28 Å². The molecule has 0 atom stereocenters. The van der Waals surface area contributed by atoms with Gasteiger partial charge >= 0.3 is 0 Å². The Bertz CT molecular complexity index is 1030. The van der Waals surface area contributed by atoms with Crippen LogP contribution in [0.15, 0.2) is 60.9 Å². The fourth-order valence-corrected chi connectivity index (χ4v) is 4.34. The third kappa shape index (κ3) is 3.94. The van der Waals surface area contributed by atoms with Crippen LogP contribution in [0.3, 0.4) is 0 Å². The molecule has 0 saturated carbocycles. The predicted octanol–water partition coefficient (Wildman–Crippen LogP) is 5.48. The summed E-state index contributed by atoms with van der Waals surface area (Å²) in [5, 5.41) is 1.35. The molecule has 0 aliphatic heterocycles. The summed E-state index contributed by atoms with van der Waals surface area (Å²) in [6, 6.07) is 16.6. The molecule has 0 bridgehead atoms. The molecule has 4 aromatic rings. The van der Waals surface area contributed by atoms with Gasteiger partial charge in [-0.05, 0) is 54.3 Å². The number of pyridine rings is 1. The van der Waals surface area contributed by atoms with Crippen molar-refractivity contribution in [1.82, 2.24) is 15.0 Å². The molecule has 136 valence electrons. The third-order valence-electron chi connectivity index (χ3n) is 4.50. The molecule has 1 aromatic carbocycles. The molecule has 0 unspecified atom stereocenters. The van der Waals surface area contributed by atoms with Crippen molar-refractivity contribution >= 4 is 39.0 Å². The van der Waals surface area contributed by atoms with Gasteiger partial charge in [0.15, 0.2) is 0 Å². The normalized spacial score (nSPS) is 11.0. The number of anilines is 1. The highest BCUT2D eigenvalue weighted by molar-refractivity contribution is 7.22. The average Bonchev–Trinajstić information content (AvgIpc) is 3.14. The lowest BCUT2D eigenvalue weighted by molar-refractivity contribution is 0.796. The summed E-state index contributed by atoms with van der Waals surface area (Å²) in [6.07, 6.45) is 4.59. The molecule has 0 saturated heterocycles. The second kappa shape index (κ2) is 8.03. The van der Waals surface area contributed by atoms with Gasteiger partial charge in [-0.15, -0.1) is 11.3 Å². The van der Waals surface area contributed by atoms with E-state index in [0.717, 1.165) is 35.5 Å². The first-order valence-electron chi connectivity index (χ1n) is 8.91. The third-order valence-corrected chi connectivity index (χ3v) is 5.75. The molecule has 4 rings (SSSR count). The van der Waals surface area contributed by atoms with Crippen LogP contribution in [-0.4, -0.2) is 28.0 Å². The van der Waals surface area contributed by atoms with Gasteiger partial charge in [0, 0.05) is 30.4 Å². The van der Waals surface area contributed by atoms with Gasteiger partial charge in [-0.1, -0.05) is 30.3 Å². The topological polar surface area (TPSA) is 41.9 Å². The first kappa shape index (κ1) is 17.9. The van der Waals surface area contributed by atoms with Crippen LogP contribution in [0.5, 0.6) is 0 Å². The van der Waals surface area contributed by atoms with Crippen molar-refractivity contribution in [3.63, 3.8) is 0 Å². The maximum absolute atomic E-state index is 6.25. The highest BCUT2D eigenvalue weighted by atomic mass is 35.5. The fraction of sp³-hybridized carbons (Fsp3) is 0.190. The monoisotopic (exact) mass is 394 g/mol. The highest BCUT2D eigenvalue weighted by Gasteiger charge is 2.16. The number of halogens is 1. The van der Waals surface area contributed by atoms with E-state index in [1.807, 2.05) is 30.6 Å². The van der Waals surface area contributed by atoms with Crippen LogP contribution >= 0.6 is 22.9 Å². The molecule has 0 amide bonds. The van der Waals surface area contributed by atoms with Gasteiger partial charge in [0.2, 0.25) is 5.28 Å². The van der Waals surface area contributed by atoms with Crippen LogP contribution in [0, 0.1) is 0 Å². The minimum absolute atomic E-state index is 0.293. The summed E-state index contributed by atoms with van der Waals surface area (Å²) < 4.78 is 0. The maximum atomic E-state index is 6.25. The molecule has 0 N–H and O–H groups in total. The lowest BCUT2D eigenvalue weighted by Crippen LogP contribution is -2.26. The minimum Gasteiger partial charge on any atom is -0.356 e. The zero-order valence-corrected chi connectivity index (χ0v) is 16.5. The molecule has 0 spiro atoms. The number of nitrogens with zero attached hydrogens (tertiary/aromatic N) is 4. The molecule has 3 heterocycles. The Hall–Kier alpha value is -2.50. The number of likely N-dealkylation sites (N-methyl/N-ethyl adjacent to an activating group) is 1. The molecular weight excluding hydrogens is 376 g/mol. The van der Waals surface area contributed by atoms with Gasteiger partial charge in [0.25, 0.3) is 0 Å². The number of hydrogen-bond donors (Lipinski definition) is 0. The smallest absolute Gasteiger partial charge is 0.225 e. The Morgan fingerprint density at radius 1 is 1.04 bits per heavy atom. The predicted molar refractivity (Wildman–Crippen MR) is 114 cm³/mol. The SMILES string of the molecule is CCN(CCc1ccncc1)c1nc(Cl)nc2sc(-c3ccccc3)cc12. The van der Waals surface area contributed by atoms with Crippen molar-refractivity contribution in [3.8, 4) is 10.4 Å². The van der Waals surface area contributed by atoms with E-state index in [0.29, 0.717) is 5.28 Å². The van der Waals surface area contributed by atoms with Crippen LogP contribution in [0.4, 0.5) is 5.82 Å². The second-order valence-electron chi connectivity index (χ2n) is 6.20. The Morgan fingerprint density at radius 2 is 1.81 bits per heavy atom. The second-order valence-corrected chi connectivity index (χ2v) is 7.57. The van der Waals surface area contributed by atoms with E-state index in [-0.39, 0.29) is 0 Å². The molecule has 0 aliphatic carbocycles. The number of benzene rings is 1. The summed E-state index contributed by atoms with van der Waals surface area (Å²) in [7, 11) is 0. The quantitative estimate of drug-likeness (QED) is 0.406. The highest BCUT2D eigenvalue weighted by Crippen LogP contribution is 2.37. The number of hydrogen-bond acceptors (Lipinski definition) is 5. The number of aromatic nitrogens is 3. The Morgan fingerprint density at radius 3 is 2.56 bits per heavy atom. The van der Waals surface area contributed by atoms with E-state index in [9.17, 15) is 0 Å². The standard InChI is InChI=1S/C21H19ClN4S/c1-2-26(13-10-15-8-11-23-12-9-15)19-17-14-18(16-6-4-3-5-7-16)27-20(17)25-21(22)24-19/h3-9,11-12,14H,2,10,13H2,1H3. The zero-order valence-electron chi connectivity index (χ0n) is 15.0. The van der Waals surface area contributed by atoms with E-state index < -0.39 is 0 Å². The molecule has 0 aliphatic rings. The number of thiophene rings is 1. The summed E-state index contributed by atoms with van der Waals surface area (Å²) in [4.78, 5) is 17.5. The van der Waals surface area contributed by atoms with Crippen molar-refractivity contribution in [2.75, 3.05) is 18.0 Å². The van der Waals surface area contributed by atoms with E-state index in [1.54, 1.807) is 11.3 Å². The van der Waals surface area contributed by atoms with Crippen LogP contribution in [0.1, 0.15) is 12.5 Å². The fourth-order valence-electron chi connectivity index (χ4n) is 3.09. The molecule has 0 fully saturated rings. The van der Waals surface area contributed by atoms with Gasteiger partial charge < -0.3 is 4.90 Å². The van der Waals surface area contributed by atoms with Crippen molar-refractivity contribution in [3.05, 3.63) is 71.8 Å². The van der Waals surface area contributed by atoms with Crippen molar-refractivity contribution in [2.45, 2.75) is 13.3 Å². The minimum atomic E-state index is 0.293. The van der Waals surface area contributed by atoms with Crippen LogP contribution in [-0.2, 0) is 6.42 Å². The summed E-state index contributed by atoms with van der Waals surface area (Å²) >= 11 is 7.90. The molecule has 0 radical (unpaired) electrons.